The summed E-state index contributed by atoms with van der Waals surface area (Å²) in [5.74, 6) is -0.0822. The maximum absolute atomic E-state index is 11.9. The molecule has 0 aliphatic rings. The van der Waals surface area contributed by atoms with E-state index in [1.165, 1.54) is 6.92 Å². The van der Waals surface area contributed by atoms with Crippen LogP contribution in [0.1, 0.15) is 13.8 Å². The highest BCUT2D eigenvalue weighted by Crippen LogP contribution is 2.18. The summed E-state index contributed by atoms with van der Waals surface area (Å²) in [5.41, 5.74) is 0.838. The van der Waals surface area contributed by atoms with Crippen LogP contribution in [0.2, 0.25) is 0 Å². The van der Waals surface area contributed by atoms with Crippen LogP contribution in [0.15, 0.2) is 36.4 Å². The van der Waals surface area contributed by atoms with Gasteiger partial charge in [0.15, 0.2) is 11.8 Å². The van der Waals surface area contributed by atoms with Crippen LogP contribution in [0, 0.1) is 0 Å². The summed E-state index contributed by atoms with van der Waals surface area (Å²) in [4.78, 5) is 23.3. The second kappa shape index (κ2) is 7.33. The first-order valence-electron chi connectivity index (χ1n) is 6.26. The molecule has 1 rings (SSSR count). The van der Waals surface area contributed by atoms with Gasteiger partial charge in [-0.05, 0) is 38.1 Å². The third-order valence-corrected chi connectivity index (χ3v) is 2.72. The summed E-state index contributed by atoms with van der Waals surface area (Å²) >= 11 is 0. The van der Waals surface area contributed by atoms with E-state index in [-0.39, 0.29) is 18.0 Å². The van der Waals surface area contributed by atoms with Crippen molar-refractivity contribution in [2.45, 2.75) is 19.9 Å². The highest BCUT2D eigenvalue weighted by Gasteiger charge is 2.25. The largest absolute Gasteiger partial charge is 0.497 e. The molecule has 5 nitrogen and oxygen atoms in total. The van der Waals surface area contributed by atoms with Crippen molar-refractivity contribution in [3.63, 3.8) is 0 Å². The number of anilines is 1. The van der Waals surface area contributed by atoms with Crippen LogP contribution in [-0.4, -0.2) is 31.5 Å². The van der Waals surface area contributed by atoms with E-state index in [0.29, 0.717) is 11.4 Å². The Morgan fingerprint density at radius 3 is 2.35 bits per heavy atom. The highest BCUT2D eigenvalue weighted by atomic mass is 16.5. The van der Waals surface area contributed by atoms with Crippen molar-refractivity contribution in [1.29, 1.82) is 0 Å². The highest BCUT2D eigenvalue weighted by molar-refractivity contribution is 6.01. The zero-order valence-electron chi connectivity index (χ0n) is 11.9. The molecule has 0 aliphatic carbocycles. The van der Waals surface area contributed by atoms with E-state index >= 15 is 0 Å². The molecule has 0 bridgehead atoms. The number of ketones is 1. The fourth-order valence-electron chi connectivity index (χ4n) is 1.57. The number of benzene rings is 1. The number of hydrogen-bond acceptors (Lipinski definition) is 5. The molecule has 1 atom stereocenters. The number of hydrogen-bond donors (Lipinski definition) is 1. The first kappa shape index (κ1) is 15.8. The Kier molecular flexibility index (Phi) is 5.77. The molecular weight excluding hydrogens is 258 g/mol. The van der Waals surface area contributed by atoms with Crippen LogP contribution < -0.4 is 10.1 Å². The first-order chi connectivity index (χ1) is 9.49. The molecule has 1 N–H and O–H groups in total. The molecule has 108 valence electrons. The summed E-state index contributed by atoms with van der Waals surface area (Å²) in [7, 11) is 1.57. The van der Waals surface area contributed by atoms with Crippen LogP contribution in [0.4, 0.5) is 5.69 Å². The Morgan fingerprint density at radius 2 is 1.90 bits per heavy atom. The van der Waals surface area contributed by atoms with Gasteiger partial charge in [0.2, 0.25) is 0 Å². The van der Waals surface area contributed by atoms with Gasteiger partial charge in [0, 0.05) is 11.3 Å². The van der Waals surface area contributed by atoms with Crippen LogP contribution in [0.5, 0.6) is 5.75 Å². The Morgan fingerprint density at radius 1 is 1.30 bits per heavy atom. The number of methoxy groups -OCH3 is 1. The van der Waals surface area contributed by atoms with E-state index in [1.54, 1.807) is 38.3 Å². The number of esters is 1. The normalized spacial score (nSPS) is 11.3. The Bertz CT molecular complexity index is 493. The molecule has 20 heavy (non-hydrogen) atoms. The molecule has 1 unspecified atom stereocenters. The van der Waals surface area contributed by atoms with Gasteiger partial charge in [-0.3, -0.25) is 4.79 Å². The van der Waals surface area contributed by atoms with Crippen molar-refractivity contribution in [3.8, 4) is 5.75 Å². The Hall–Kier alpha value is -2.30. The monoisotopic (exact) mass is 277 g/mol. The fourth-order valence-corrected chi connectivity index (χ4v) is 1.57. The van der Waals surface area contributed by atoms with E-state index in [2.05, 4.69) is 11.9 Å². The van der Waals surface area contributed by atoms with Crippen molar-refractivity contribution in [2.75, 3.05) is 19.0 Å². The molecular formula is C15H19NO4. The Labute approximate surface area is 118 Å². The predicted molar refractivity (Wildman–Crippen MR) is 76.9 cm³/mol. The molecule has 1 aromatic carbocycles. The minimum absolute atomic E-state index is 0.166. The van der Waals surface area contributed by atoms with Gasteiger partial charge in [-0.15, -0.1) is 0 Å². The third kappa shape index (κ3) is 4.12. The van der Waals surface area contributed by atoms with Crippen molar-refractivity contribution in [3.05, 3.63) is 36.4 Å². The van der Waals surface area contributed by atoms with Gasteiger partial charge in [0.05, 0.1) is 13.7 Å². The zero-order chi connectivity index (χ0) is 15.1. The quantitative estimate of drug-likeness (QED) is 0.611. The van der Waals surface area contributed by atoms with E-state index in [4.69, 9.17) is 9.47 Å². The van der Waals surface area contributed by atoms with Gasteiger partial charge in [0.1, 0.15) is 5.75 Å². The van der Waals surface area contributed by atoms with Crippen LogP contribution in [-0.2, 0) is 14.3 Å². The number of carbonyl (C=O) groups excluding carboxylic acids is 2. The van der Waals surface area contributed by atoms with E-state index in [0.717, 1.165) is 0 Å². The third-order valence-electron chi connectivity index (χ3n) is 2.72. The molecule has 0 saturated carbocycles. The van der Waals surface area contributed by atoms with Crippen molar-refractivity contribution >= 4 is 17.4 Å². The first-order valence-corrected chi connectivity index (χ1v) is 6.26. The molecule has 0 heterocycles. The standard InChI is InChI=1S/C15H19NO4/c1-5-20-15(18)14(10(2)11(3)17)16-12-6-8-13(19-4)9-7-12/h6-9,14,16H,2,5H2,1,3-4H3. The van der Waals surface area contributed by atoms with Crippen molar-refractivity contribution in [2.24, 2.45) is 0 Å². The van der Waals surface area contributed by atoms with Crippen LogP contribution >= 0.6 is 0 Å². The van der Waals surface area contributed by atoms with Crippen molar-refractivity contribution in [1.82, 2.24) is 0 Å². The number of nitrogens with one attached hydrogen (secondary N) is 1. The molecule has 0 aromatic heterocycles. The maximum Gasteiger partial charge on any atom is 0.333 e. The van der Waals surface area contributed by atoms with Crippen LogP contribution in [0.25, 0.3) is 0 Å². The molecule has 5 heteroatoms. The average molecular weight is 277 g/mol. The van der Waals surface area contributed by atoms with Gasteiger partial charge in [0.25, 0.3) is 0 Å². The van der Waals surface area contributed by atoms with Gasteiger partial charge in [-0.1, -0.05) is 6.58 Å². The fraction of sp³-hybridized carbons (Fsp3) is 0.333. The summed E-state index contributed by atoms with van der Waals surface area (Å²) in [6.07, 6.45) is 0. The van der Waals surface area contributed by atoms with E-state index in [1.807, 2.05) is 0 Å². The summed E-state index contributed by atoms with van der Waals surface area (Å²) in [6.45, 7) is 6.96. The SMILES string of the molecule is C=C(C(C)=O)C(Nc1ccc(OC)cc1)C(=O)OCC. The second-order valence-corrected chi connectivity index (χ2v) is 4.14. The number of Topliss-reactive ketones (excluding diaryl/α,β-unsaturated/α-hetero) is 1. The summed E-state index contributed by atoms with van der Waals surface area (Å²) in [5, 5.41) is 2.95. The molecule has 0 saturated heterocycles. The smallest absolute Gasteiger partial charge is 0.333 e. The average Bonchev–Trinajstić information content (AvgIpc) is 2.44. The molecule has 0 amide bonds. The lowest BCUT2D eigenvalue weighted by Gasteiger charge is -2.19. The van der Waals surface area contributed by atoms with Gasteiger partial charge in [-0.25, -0.2) is 4.79 Å². The predicted octanol–water partition coefficient (Wildman–Crippen LogP) is 2.18. The van der Waals surface area contributed by atoms with Gasteiger partial charge < -0.3 is 14.8 Å². The Balaban J connectivity index is 2.90. The maximum atomic E-state index is 11.9. The number of carbonyl (C=O) groups is 2. The molecule has 0 aliphatic heterocycles. The second-order valence-electron chi connectivity index (χ2n) is 4.14. The molecule has 1 aromatic rings. The van der Waals surface area contributed by atoms with Gasteiger partial charge in [-0.2, -0.15) is 0 Å². The summed E-state index contributed by atoms with van der Waals surface area (Å²) in [6, 6.07) is 6.11. The minimum atomic E-state index is -0.888. The van der Waals surface area contributed by atoms with Gasteiger partial charge >= 0.3 is 5.97 Å². The number of ether oxygens (including phenoxy) is 2. The zero-order valence-corrected chi connectivity index (χ0v) is 11.9. The topological polar surface area (TPSA) is 64.6 Å². The lowest BCUT2D eigenvalue weighted by molar-refractivity contribution is -0.143. The lowest BCUT2D eigenvalue weighted by Crippen LogP contribution is -2.35. The van der Waals surface area contributed by atoms with E-state index < -0.39 is 12.0 Å². The summed E-state index contributed by atoms with van der Waals surface area (Å²) < 4.78 is 10.0. The van der Waals surface area contributed by atoms with Crippen molar-refractivity contribution < 1.29 is 19.1 Å². The molecule has 0 spiro atoms. The van der Waals surface area contributed by atoms with E-state index in [9.17, 15) is 9.59 Å². The number of rotatable bonds is 7. The lowest BCUT2D eigenvalue weighted by atomic mass is 10.1. The minimum Gasteiger partial charge on any atom is -0.497 e. The van der Waals surface area contributed by atoms with Crippen LogP contribution in [0.3, 0.4) is 0 Å². The molecule has 0 fully saturated rings. The molecule has 0 radical (unpaired) electrons.